The van der Waals surface area contributed by atoms with Crippen molar-refractivity contribution < 1.29 is 0 Å². The highest BCUT2D eigenvalue weighted by Crippen LogP contribution is 2.57. The summed E-state index contributed by atoms with van der Waals surface area (Å²) >= 11 is 2.46. The summed E-state index contributed by atoms with van der Waals surface area (Å²) in [7, 11) is 0. The molecule has 2 heteroatoms. The summed E-state index contributed by atoms with van der Waals surface area (Å²) in [6.45, 7) is 0. The van der Waals surface area contributed by atoms with E-state index in [2.05, 4.69) is 17.1 Å². The first-order chi connectivity index (χ1) is 11.9. The minimum absolute atomic E-state index is 0.829. The van der Waals surface area contributed by atoms with Gasteiger partial charge >= 0.3 is 0 Å². The average Bonchev–Trinajstić information content (AvgIpc) is 3.25. The second kappa shape index (κ2) is 8.80. The molecule has 1 N–H and O–H groups in total. The smallest absolute Gasteiger partial charge is 0.0128 e. The molecule has 0 amide bonds. The maximum atomic E-state index is 4.25. The van der Waals surface area contributed by atoms with Crippen molar-refractivity contribution in [2.45, 2.75) is 125 Å². The van der Waals surface area contributed by atoms with Crippen LogP contribution in [0.4, 0.5) is 0 Å². The molecule has 3 saturated carbocycles. The maximum Gasteiger partial charge on any atom is 0.0128 e. The zero-order chi connectivity index (χ0) is 16.2. The number of hydrogen-bond acceptors (Lipinski definition) is 2. The zero-order valence-corrected chi connectivity index (χ0v) is 16.5. The number of thioether (sulfide) groups is 1. The van der Waals surface area contributed by atoms with Gasteiger partial charge in [-0.2, -0.15) is 11.8 Å². The minimum Gasteiger partial charge on any atom is -0.311 e. The number of fused-ring (bicyclic) bond motifs is 3. The Labute approximate surface area is 154 Å². The molecule has 138 valence electrons. The first kappa shape index (κ1) is 17.7. The Morgan fingerprint density at radius 3 is 2.04 bits per heavy atom. The molecule has 0 aromatic rings. The lowest BCUT2D eigenvalue weighted by atomic mass is 9.94. The molecule has 4 rings (SSSR count). The molecule has 1 heterocycles. The Hall–Kier alpha value is 0.310. The molecular formula is C22H39NS. The van der Waals surface area contributed by atoms with Crippen LogP contribution in [-0.4, -0.2) is 22.6 Å². The van der Waals surface area contributed by atoms with Crippen LogP contribution in [0.1, 0.15) is 103 Å². The van der Waals surface area contributed by atoms with Crippen LogP contribution in [-0.2, 0) is 0 Å². The third kappa shape index (κ3) is 4.53. The topological polar surface area (TPSA) is 12.0 Å². The van der Waals surface area contributed by atoms with Crippen LogP contribution in [0.15, 0.2) is 0 Å². The molecule has 4 aliphatic rings. The van der Waals surface area contributed by atoms with Crippen LogP contribution in [0.25, 0.3) is 0 Å². The van der Waals surface area contributed by atoms with E-state index in [0.29, 0.717) is 0 Å². The van der Waals surface area contributed by atoms with E-state index < -0.39 is 0 Å². The fourth-order valence-electron chi connectivity index (χ4n) is 5.93. The largest absolute Gasteiger partial charge is 0.311 e. The van der Waals surface area contributed by atoms with E-state index in [-0.39, 0.29) is 0 Å². The van der Waals surface area contributed by atoms with Crippen molar-refractivity contribution >= 4 is 11.8 Å². The van der Waals surface area contributed by atoms with Crippen LogP contribution in [0, 0.1) is 11.8 Å². The fraction of sp³-hybridized carbons (Fsp3) is 1.00. The van der Waals surface area contributed by atoms with Gasteiger partial charge in [-0.05, 0) is 43.9 Å². The Bertz CT molecular complexity index is 384. The van der Waals surface area contributed by atoms with Gasteiger partial charge in [0, 0.05) is 22.6 Å². The second-order valence-electron chi connectivity index (χ2n) is 9.21. The highest BCUT2D eigenvalue weighted by molar-refractivity contribution is 8.00. The van der Waals surface area contributed by atoms with Crippen molar-refractivity contribution in [3.8, 4) is 0 Å². The first-order valence-corrected chi connectivity index (χ1v) is 12.3. The van der Waals surface area contributed by atoms with Gasteiger partial charge in [0.25, 0.3) is 0 Å². The normalized spacial score (nSPS) is 45.0. The van der Waals surface area contributed by atoms with Gasteiger partial charge in [-0.3, -0.25) is 0 Å². The monoisotopic (exact) mass is 349 g/mol. The van der Waals surface area contributed by atoms with Gasteiger partial charge in [-0.1, -0.05) is 70.6 Å². The van der Waals surface area contributed by atoms with Gasteiger partial charge in [0.1, 0.15) is 0 Å². The third-order valence-electron chi connectivity index (χ3n) is 7.35. The molecule has 0 radical (unpaired) electrons. The van der Waals surface area contributed by atoms with Crippen LogP contribution in [0.5, 0.6) is 0 Å². The van der Waals surface area contributed by atoms with E-state index in [0.717, 1.165) is 34.4 Å². The first-order valence-electron chi connectivity index (χ1n) is 11.3. The molecule has 6 unspecified atom stereocenters. The maximum absolute atomic E-state index is 4.25. The Morgan fingerprint density at radius 1 is 0.625 bits per heavy atom. The van der Waals surface area contributed by atoms with Crippen LogP contribution < -0.4 is 5.32 Å². The molecule has 1 nitrogen and oxygen atoms in total. The lowest BCUT2D eigenvalue weighted by Crippen LogP contribution is -2.43. The molecule has 0 spiro atoms. The summed E-state index contributed by atoms with van der Waals surface area (Å²) in [4.78, 5) is 0. The van der Waals surface area contributed by atoms with Crippen LogP contribution in [0.3, 0.4) is 0 Å². The molecule has 3 aliphatic carbocycles. The predicted molar refractivity (Wildman–Crippen MR) is 107 cm³/mol. The number of hydrogen-bond donors (Lipinski definition) is 1. The SMILES string of the molecule is C1CCCCC2CC(CCC1)NC1CCCCCCCC3C(S2)C13. The summed E-state index contributed by atoms with van der Waals surface area (Å²) in [5.41, 5.74) is 0. The molecular weight excluding hydrogens is 310 g/mol. The minimum atomic E-state index is 0.829. The fourth-order valence-corrected chi connectivity index (χ4v) is 8.02. The Morgan fingerprint density at radius 2 is 1.25 bits per heavy atom. The van der Waals surface area contributed by atoms with Crippen molar-refractivity contribution in [2.24, 2.45) is 11.8 Å². The van der Waals surface area contributed by atoms with E-state index in [1.54, 1.807) is 0 Å². The van der Waals surface area contributed by atoms with Gasteiger partial charge in [-0.15, -0.1) is 0 Å². The summed E-state index contributed by atoms with van der Waals surface area (Å²) in [5, 5.41) is 6.24. The quantitative estimate of drug-likeness (QED) is 0.550. The van der Waals surface area contributed by atoms with Crippen LogP contribution >= 0.6 is 11.8 Å². The van der Waals surface area contributed by atoms with E-state index in [1.807, 2.05) is 0 Å². The molecule has 0 aromatic carbocycles. The van der Waals surface area contributed by atoms with E-state index in [1.165, 1.54) is 103 Å². The van der Waals surface area contributed by atoms with Crippen molar-refractivity contribution in [1.29, 1.82) is 0 Å². The highest BCUT2D eigenvalue weighted by Gasteiger charge is 2.55. The van der Waals surface area contributed by atoms with E-state index >= 15 is 0 Å². The standard InChI is InChI=1S/C22H39NS/c1-2-5-9-13-18-16-17(12-8-4-1)23-20-15-11-7-3-6-10-14-19-21(20)22(19)24-18/h17-23H,1-16H2. The lowest BCUT2D eigenvalue weighted by molar-refractivity contribution is 0.314. The number of rotatable bonds is 0. The lowest BCUT2D eigenvalue weighted by Gasteiger charge is -2.32. The summed E-state index contributed by atoms with van der Waals surface area (Å²) in [6.07, 6.45) is 23.8. The summed E-state index contributed by atoms with van der Waals surface area (Å²) in [6, 6.07) is 1.69. The van der Waals surface area contributed by atoms with E-state index in [9.17, 15) is 0 Å². The van der Waals surface area contributed by atoms with Gasteiger partial charge in [-0.25, -0.2) is 0 Å². The van der Waals surface area contributed by atoms with Gasteiger partial charge < -0.3 is 5.32 Å². The molecule has 24 heavy (non-hydrogen) atoms. The molecule has 1 aliphatic heterocycles. The average molecular weight is 350 g/mol. The molecule has 1 saturated heterocycles. The van der Waals surface area contributed by atoms with Crippen LogP contribution in [0.2, 0.25) is 0 Å². The Kier molecular flexibility index (Phi) is 6.49. The second-order valence-corrected chi connectivity index (χ2v) is 10.7. The van der Waals surface area contributed by atoms with Gasteiger partial charge in [0.05, 0.1) is 0 Å². The molecule has 2 bridgehead atoms. The zero-order valence-electron chi connectivity index (χ0n) is 15.7. The summed E-state index contributed by atoms with van der Waals surface area (Å²) < 4.78 is 0. The van der Waals surface area contributed by atoms with Gasteiger partial charge in [0.2, 0.25) is 0 Å². The van der Waals surface area contributed by atoms with E-state index in [4.69, 9.17) is 0 Å². The van der Waals surface area contributed by atoms with Crippen molar-refractivity contribution in [1.82, 2.24) is 5.32 Å². The van der Waals surface area contributed by atoms with Crippen molar-refractivity contribution in [2.75, 3.05) is 0 Å². The molecule has 0 aromatic heterocycles. The number of nitrogens with one attached hydrogen (secondary N) is 1. The summed E-state index contributed by atoms with van der Waals surface area (Å²) in [5.74, 6) is 2.10. The third-order valence-corrected chi connectivity index (χ3v) is 9.14. The van der Waals surface area contributed by atoms with Gasteiger partial charge in [0.15, 0.2) is 0 Å². The highest BCUT2D eigenvalue weighted by atomic mass is 32.2. The molecule has 4 fully saturated rings. The van der Waals surface area contributed by atoms with Crippen molar-refractivity contribution in [3.63, 3.8) is 0 Å². The predicted octanol–water partition coefficient (Wildman–Crippen LogP) is 6.31. The Balaban J connectivity index is 1.46. The van der Waals surface area contributed by atoms with Crippen molar-refractivity contribution in [3.05, 3.63) is 0 Å². The molecule has 6 atom stereocenters.